The molecule has 0 aliphatic carbocycles. The predicted octanol–water partition coefficient (Wildman–Crippen LogP) is 1.23. The number of nitrogens with zero attached hydrogens (tertiary/aromatic N) is 1. The van der Waals surface area contributed by atoms with Gasteiger partial charge in [-0.3, -0.25) is 14.4 Å². The van der Waals surface area contributed by atoms with Crippen LogP contribution in [0.1, 0.15) is 37.0 Å². The standard InChI is InChI=1S/C20H29N3O6S/c1-14(2)12-21-19(25)16-6-4-5-7-17(16)22-18(24)13-29-20(26)15-8-10-23(11-9-15)30(3,27)28/h4-7,14-15H,8-13H2,1-3H3,(H,21,25)(H,22,24). The summed E-state index contributed by atoms with van der Waals surface area (Å²) >= 11 is 0. The van der Waals surface area contributed by atoms with Crippen LogP contribution in [0, 0.1) is 11.8 Å². The van der Waals surface area contributed by atoms with Crippen molar-refractivity contribution in [2.75, 3.05) is 37.8 Å². The van der Waals surface area contributed by atoms with E-state index < -0.39 is 34.4 Å². The summed E-state index contributed by atoms with van der Waals surface area (Å²) < 4.78 is 29.5. The van der Waals surface area contributed by atoms with Gasteiger partial charge in [-0.15, -0.1) is 0 Å². The second kappa shape index (κ2) is 10.5. The Hall–Kier alpha value is -2.46. The van der Waals surface area contributed by atoms with Crippen molar-refractivity contribution in [3.63, 3.8) is 0 Å². The van der Waals surface area contributed by atoms with Crippen molar-refractivity contribution in [2.45, 2.75) is 26.7 Å². The zero-order valence-electron chi connectivity index (χ0n) is 17.5. The minimum atomic E-state index is -3.27. The molecule has 0 saturated carbocycles. The minimum Gasteiger partial charge on any atom is -0.455 e. The average molecular weight is 440 g/mol. The maximum Gasteiger partial charge on any atom is 0.309 e. The van der Waals surface area contributed by atoms with Crippen LogP contribution in [-0.4, -0.2) is 63.0 Å². The van der Waals surface area contributed by atoms with Crippen LogP contribution in [-0.2, 0) is 24.3 Å². The molecule has 1 heterocycles. The second-order valence-electron chi connectivity index (χ2n) is 7.74. The number of para-hydroxylation sites is 1. The van der Waals surface area contributed by atoms with Gasteiger partial charge in [0.15, 0.2) is 6.61 Å². The number of rotatable bonds is 8. The molecule has 1 aromatic carbocycles. The first-order valence-electron chi connectivity index (χ1n) is 9.86. The lowest BCUT2D eigenvalue weighted by molar-refractivity contribution is -0.152. The van der Waals surface area contributed by atoms with E-state index in [2.05, 4.69) is 10.6 Å². The summed E-state index contributed by atoms with van der Waals surface area (Å²) in [5.74, 6) is -1.53. The molecule has 0 aromatic heterocycles. The summed E-state index contributed by atoms with van der Waals surface area (Å²) in [5, 5.41) is 5.40. The Morgan fingerprint density at radius 3 is 2.40 bits per heavy atom. The Morgan fingerprint density at radius 2 is 1.80 bits per heavy atom. The number of nitrogens with one attached hydrogen (secondary N) is 2. The third kappa shape index (κ3) is 7.10. The predicted molar refractivity (Wildman–Crippen MR) is 112 cm³/mol. The number of benzene rings is 1. The van der Waals surface area contributed by atoms with E-state index in [-0.39, 0.29) is 19.0 Å². The maximum absolute atomic E-state index is 12.3. The van der Waals surface area contributed by atoms with Crippen molar-refractivity contribution in [3.8, 4) is 0 Å². The van der Waals surface area contributed by atoms with E-state index in [9.17, 15) is 22.8 Å². The highest BCUT2D eigenvalue weighted by molar-refractivity contribution is 7.88. The highest BCUT2D eigenvalue weighted by atomic mass is 32.2. The van der Waals surface area contributed by atoms with Crippen LogP contribution >= 0.6 is 0 Å². The van der Waals surface area contributed by atoms with Gasteiger partial charge in [0.1, 0.15) is 0 Å². The van der Waals surface area contributed by atoms with Gasteiger partial charge in [0, 0.05) is 19.6 Å². The van der Waals surface area contributed by atoms with Gasteiger partial charge in [-0.25, -0.2) is 12.7 Å². The Kier molecular flexibility index (Phi) is 8.36. The normalized spacial score (nSPS) is 15.6. The first kappa shape index (κ1) is 23.8. The molecule has 0 radical (unpaired) electrons. The fraction of sp³-hybridized carbons (Fsp3) is 0.550. The summed E-state index contributed by atoms with van der Waals surface area (Å²) in [7, 11) is -3.27. The average Bonchev–Trinajstić information content (AvgIpc) is 2.70. The van der Waals surface area contributed by atoms with E-state index in [0.29, 0.717) is 36.6 Å². The van der Waals surface area contributed by atoms with Crippen molar-refractivity contribution < 1.29 is 27.5 Å². The van der Waals surface area contributed by atoms with E-state index in [1.54, 1.807) is 24.3 Å². The number of carbonyl (C=O) groups excluding carboxylic acids is 3. The lowest BCUT2D eigenvalue weighted by Crippen LogP contribution is -2.40. The van der Waals surface area contributed by atoms with Gasteiger partial charge < -0.3 is 15.4 Å². The number of sulfonamides is 1. The summed E-state index contributed by atoms with van der Waals surface area (Å²) in [5.41, 5.74) is 0.659. The van der Waals surface area contributed by atoms with E-state index >= 15 is 0 Å². The summed E-state index contributed by atoms with van der Waals surface area (Å²) in [4.78, 5) is 36.7. The molecule has 30 heavy (non-hydrogen) atoms. The molecule has 1 aromatic rings. The Bertz CT molecular complexity index is 876. The highest BCUT2D eigenvalue weighted by Gasteiger charge is 2.30. The molecular formula is C20H29N3O6S. The van der Waals surface area contributed by atoms with E-state index in [4.69, 9.17) is 4.74 Å². The maximum atomic E-state index is 12.3. The van der Waals surface area contributed by atoms with Crippen LogP contribution in [0.5, 0.6) is 0 Å². The Morgan fingerprint density at radius 1 is 1.17 bits per heavy atom. The summed E-state index contributed by atoms with van der Waals surface area (Å²) in [6, 6.07) is 6.59. The minimum absolute atomic E-state index is 0.254. The van der Waals surface area contributed by atoms with Crippen molar-refractivity contribution in [1.29, 1.82) is 0 Å². The fourth-order valence-electron chi connectivity index (χ4n) is 3.05. The summed E-state index contributed by atoms with van der Waals surface area (Å²) in [6.07, 6.45) is 1.84. The summed E-state index contributed by atoms with van der Waals surface area (Å²) in [6.45, 7) is 4.50. The Labute approximate surface area is 177 Å². The van der Waals surface area contributed by atoms with E-state index in [0.717, 1.165) is 6.26 Å². The largest absolute Gasteiger partial charge is 0.455 e. The molecule has 0 unspecified atom stereocenters. The molecular weight excluding hydrogens is 410 g/mol. The van der Waals surface area contributed by atoms with Gasteiger partial charge in [0.2, 0.25) is 10.0 Å². The van der Waals surface area contributed by atoms with Crippen molar-refractivity contribution in [1.82, 2.24) is 9.62 Å². The van der Waals surface area contributed by atoms with Gasteiger partial charge in [-0.05, 0) is 30.9 Å². The molecule has 1 fully saturated rings. The quantitative estimate of drug-likeness (QED) is 0.588. The SMILES string of the molecule is CC(C)CNC(=O)c1ccccc1NC(=O)COC(=O)C1CCN(S(C)(=O)=O)CC1. The van der Waals surface area contributed by atoms with Gasteiger partial charge in [-0.1, -0.05) is 26.0 Å². The van der Waals surface area contributed by atoms with Gasteiger partial charge in [0.25, 0.3) is 11.8 Å². The Balaban J connectivity index is 1.85. The molecule has 1 aliphatic rings. The van der Waals surface area contributed by atoms with Crippen LogP contribution < -0.4 is 10.6 Å². The van der Waals surface area contributed by atoms with Crippen molar-refractivity contribution >= 4 is 33.5 Å². The van der Waals surface area contributed by atoms with Crippen LogP contribution in [0.15, 0.2) is 24.3 Å². The van der Waals surface area contributed by atoms with Crippen LogP contribution in [0.3, 0.4) is 0 Å². The van der Waals surface area contributed by atoms with E-state index in [1.807, 2.05) is 13.8 Å². The molecule has 0 bridgehead atoms. The lowest BCUT2D eigenvalue weighted by Gasteiger charge is -2.28. The molecule has 2 N–H and O–H groups in total. The van der Waals surface area contributed by atoms with Crippen molar-refractivity contribution in [2.24, 2.45) is 11.8 Å². The first-order valence-corrected chi connectivity index (χ1v) is 11.7. The molecule has 0 spiro atoms. The topological polar surface area (TPSA) is 122 Å². The highest BCUT2D eigenvalue weighted by Crippen LogP contribution is 2.20. The number of carbonyl (C=O) groups is 3. The molecule has 166 valence electrons. The molecule has 0 atom stereocenters. The zero-order valence-corrected chi connectivity index (χ0v) is 18.3. The molecule has 2 rings (SSSR count). The number of ether oxygens (including phenoxy) is 1. The molecule has 1 aliphatic heterocycles. The van der Waals surface area contributed by atoms with Crippen LogP contribution in [0.2, 0.25) is 0 Å². The van der Waals surface area contributed by atoms with Gasteiger partial charge in [-0.2, -0.15) is 0 Å². The van der Waals surface area contributed by atoms with Crippen LogP contribution in [0.4, 0.5) is 5.69 Å². The number of hydrogen-bond donors (Lipinski definition) is 2. The third-order valence-electron chi connectivity index (χ3n) is 4.72. The van der Waals surface area contributed by atoms with E-state index in [1.165, 1.54) is 4.31 Å². The lowest BCUT2D eigenvalue weighted by atomic mass is 9.98. The monoisotopic (exact) mass is 439 g/mol. The first-order chi connectivity index (χ1) is 14.1. The number of hydrogen-bond acceptors (Lipinski definition) is 6. The molecule has 10 heteroatoms. The number of esters is 1. The second-order valence-corrected chi connectivity index (χ2v) is 9.72. The number of amides is 2. The van der Waals surface area contributed by atoms with Gasteiger partial charge in [0.05, 0.1) is 23.4 Å². The van der Waals surface area contributed by atoms with Crippen molar-refractivity contribution in [3.05, 3.63) is 29.8 Å². The molecule has 1 saturated heterocycles. The molecule has 9 nitrogen and oxygen atoms in total. The third-order valence-corrected chi connectivity index (χ3v) is 6.02. The zero-order chi connectivity index (χ0) is 22.3. The van der Waals surface area contributed by atoms with Crippen LogP contribution in [0.25, 0.3) is 0 Å². The fourth-order valence-corrected chi connectivity index (χ4v) is 3.92. The number of anilines is 1. The smallest absolute Gasteiger partial charge is 0.309 e. The van der Waals surface area contributed by atoms with Gasteiger partial charge >= 0.3 is 5.97 Å². The number of piperidine rings is 1. The molecule has 2 amide bonds.